The number of carbonyl (C=O) groups excluding carboxylic acids is 2. The minimum absolute atomic E-state index is 0.00807. The van der Waals surface area contributed by atoms with Crippen LogP contribution in [-0.4, -0.2) is 104 Å². The second-order valence-electron chi connectivity index (χ2n) is 31.9. The van der Waals surface area contributed by atoms with Crippen LogP contribution in [0.2, 0.25) is 0 Å². The topological polar surface area (TPSA) is 246 Å². The number of nitrogens with zero attached hydrogens (tertiary/aromatic N) is 4. The molecule has 0 saturated carbocycles. The Kier molecular flexibility index (Phi) is 21.0. The third-order valence-corrected chi connectivity index (χ3v) is 24.0. The molecule has 0 unspecified atom stereocenters. The summed E-state index contributed by atoms with van der Waals surface area (Å²) in [5, 5.41) is 62.2. The number of carboxylic acids is 2. The van der Waals surface area contributed by atoms with Gasteiger partial charge in [-0.15, -0.1) is 0 Å². The molecular formula is C98H92N6O12S. The molecule has 7 N–H and O–H groups in total. The molecule has 592 valence electrons. The third kappa shape index (κ3) is 14.6. The van der Waals surface area contributed by atoms with E-state index in [0.717, 1.165) is 94.9 Å². The average molecular weight is 1580 g/mol. The third-order valence-electron chi connectivity index (χ3n) is 22.9. The second-order valence-corrected chi connectivity index (χ2v) is 33.0. The summed E-state index contributed by atoms with van der Waals surface area (Å²) in [6, 6.07) is 58.5. The van der Waals surface area contributed by atoms with Gasteiger partial charge in [-0.1, -0.05) is 105 Å². The molecule has 0 bridgehead atoms. The molecule has 15 rings (SSSR count). The first-order chi connectivity index (χ1) is 55.8. The van der Waals surface area contributed by atoms with Crippen molar-refractivity contribution in [2.24, 2.45) is 5.41 Å². The Bertz CT molecular complexity index is 6320. The first-order valence-corrected chi connectivity index (χ1v) is 39.8. The van der Waals surface area contributed by atoms with Crippen molar-refractivity contribution in [2.45, 2.75) is 96.5 Å². The van der Waals surface area contributed by atoms with E-state index in [-0.39, 0.29) is 91.6 Å². The number of hydrogen-bond donors (Lipinski definition) is 7. The SMILES string of the molecule is CCC1=c2cc3c(cc2C(C)=CC1(C)C)=C(c1c(C(=O)O)c(-c2ccc(N(C)C)cc2)c(-c2ccc(N(C)C)cc2)c(Sc2ccc(C(=O)NCc4ccc(C(=O)NCc5c6oc7cc(O)ccc7c(-c7cc(C(O)O)ccc7C(=O)O)c-6ccc5=O)cc4)cc2)c1-c1ccc(N(C)C)cc1)c1cc2c(cc1O3)N(CC)C(C)(C)C=C2C. The Hall–Kier alpha value is -12.9. The lowest BCUT2D eigenvalue weighted by atomic mass is 9.74. The van der Waals surface area contributed by atoms with Crippen molar-refractivity contribution in [3.8, 4) is 73.1 Å². The normalized spacial score (nSPS) is 13.7. The summed E-state index contributed by atoms with van der Waals surface area (Å²) in [5.41, 5.74) is 16.4. The zero-order chi connectivity index (χ0) is 83.1. The molecule has 0 aromatic heterocycles. The van der Waals surface area contributed by atoms with Gasteiger partial charge in [0.25, 0.3) is 11.8 Å². The predicted molar refractivity (Wildman–Crippen MR) is 468 cm³/mol. The maximum atomic E-state index is 15.8. The van der Waals surface area contributed by atoms with E-state index in [1.807, 2.05) is 93.4 Å². The maximum Gasteiger partial charge on any atom is 0.337 e. The summed E-state index contributed by atoms with van der Waals surface area (Å²) < 4.78 is 13.7. The number of carboxylic acid groups (broad SMARTS) is 2. The van der Waals surface area contributed by atoms with E-state index in [2.05, 4.69) is 156 Å². The average Bonchev–Trinajstić information content (AvgIpc) is 0.701. The zero-order valence-electron chi connectivity index (χ0n) is 67.8. The fraction of sp³-hybridized carbons (Fsp3) is 0.214. The smallest absolute Gasteiger partial charge is 0.337 e. The summed E-state index contributed by atoms with van der Waals surface area (Å²) in [5.74, 6) is -2.28. The number of fused-ring (bicyclic) bond motifs is 6. The predicted octanol–water partition coefficient (Wildman–Crippen LogP) is 18.2. The number of anilines is 4. The van der Waals surface area contributed by atoms with E-state index >= 15 is 4.79 Å². The minimum Gasteiger partial charge on any atom is -0.508 e. The van der Waals surface area contributed by atoms with Crippen LogP contribution < -0.4 is 50.8 Å². The largest absolute Gasteiger partial charge is 0.508 e. The van der Waals surface area contributed by atoms with Crippen molar-refractivity contribution in [1.82, 2.24) is 10.6 Å². The van der Waals surface area contributed by atoms with E-state index in [0.29, 0.717) is 61.4 Å². The number of hydrogen-bond acceptors (Lipinski definition) is 15. The van der Waals surface area contributed by atoms with Crippen LogP contribution in [0.5, 0.6) is 17.2 Å². The van der Waals surface area contributed by atoms with Crippen LogP contribution in [-0.2, 0) is 13.1 Å². The minimum atomic E-state index is -1.94. The van der Waals surface area contributed by atoms with Gasteiger partial charge >= 0.3 is 11.9 Å². The van der Waals surface area contributed by atoms with Crippen LogP contribution in [0.1, 0.15) is 148 Å². The number of aliphatic hydroxyl groups is 2. The van der Waals surface area contributed by atoms with Crippen molar-refractivity contribution >= 4 is 91.5 Å². The van der Waals surface area contributed by atoms with Gasteiger partial charge in [-0.05, 0) is 218 Å². The molecule has 10 aromatic rings. The Morgan fingerprint density at radius 3 is 1.68 bits per heavy atom. The number of benzene rings is 11. The molecule has 0 atom stereocenters. The fourth-order valence-corrected chi connectivity index (χ4v) is 18.4. The molecule has 19 heteroatoms. The molecule has 18 nitrogen and oxygen atoms in total. The van der Waals surface area contributed by atoms with Gasteiger partial charge in [0, 0.05) is 183 Å². The van der Waals surface area contributed by atoms with Crippen molar-refractivity contribution in [3.05, 3.63) is 288 Å². The van der Waals surface area contributed by atoms with E-state index in [9.17, 15) is 44.7 Å². The van der Waals surface area contributed by atoms with Crippen LogP contribution in [0.25, 0.3) is 89.1 Å². The van der Waals surface area contributed by atoms with E-state index in [1.54, 1.807) is 36.4 Å². The van der Waals surface area contributed by atoms with Crippen molar-refractivity contribution in [2.75, 3.05) is 68.4 Å². The maximum absolute atomic E-state index is 15.8. The fourth-order valence-electron chi connectivity index (χ4n) is 17.2. The van der Waals surface area contributed by atoms with Crippen LogP contribution >= 0.6 is 11.8 Å². The summed E-state index contributed by atoms with van der Waals surface area (Å²) in [6.45, 7) is 18.1. The van der Waals surface area contributed by atoms with Crippen molar-refractivity contribution in [1.29, 1.82) is 0 Å². The highest BCUT2D eigenvalue weighted by atomic mass is 32.2. The number of phenols is 1. The molecule has 0 fully saturated rings. The molecule has 0 spiro atoms. The Labute approximate surface area is 683 Å². The first-order valence-electron chi connectivity index (χ1n) is 39.0. The molecule has 0 saturated heterocycles. The monoisotopic (exact) mass is 1580 g/mol. The van der Waals surface area contributed by atoms with Gasteiger partial charge in [-0.25, -0.2) is 9.59 Å². The molecule has 5 aliphatic rings. The van der Waals surface area contributed by atoms with E-state index < -0.39 is 29.6 Å². The molecule has 117 heavy (non-hydrogen) atoms. The molecule has 3 aliphatic heterocycles. The standard InChI is InChI=1S/C98H92N6O12S/c1-15-77-72-47-81-74(45-70(72)53(3)49-97(77,5)6)87(75-46-71-54(4)50-98(7,8)104(16-2)78(71)48-82(75)115-81)88-85(58-25-34-64(35-26-58)103(13)14)91(84(57-23-32-63(33-24-57)102(11)12)83(89(88)96(113)114)56-21-30-62(31-22-56)101(9)10)117-66-37-27-60(28-38-66)92(107)99-51-55-17-19-59(20-18-55)93(108)100-52-76-79(106)42-41-69-86(68-40-36-65(105)44-80(68)116-90(69)76)73-43-61(94(109)110)29-39-67(73)95(111)112/h17-50,94,105,109-110H,15-16,51-52H2,1-14H3,(H,99,107)(H,100,108)(H,111,112)(H,113,114). The quantitative estimate of drug-likeness (QED) is 0.0261. The number of phenolic OH excluding ortho intramolecular Hbond substituents is 1. The number of ether oxygens (including phenoxy) is 1. The number of allylic oxidation sites excluding steroid dienone is 3. The van der Waals surface area contributed by atoms with Gasteiger partial charge in [-0.2, -0.15) is 0 Å². The Balaban J connectivity index is 0.836. The van der Waals surface area contributed by atoms with Gasteiger partial charge in [0.2, 0.25) is 0 Å². The van der Waals surface area contributed by atoms with E-state index in [1.165, 1.54) is 65.9 Å². The number of likely N-dealkylation sites (N-methyl/N-ethyl adjacent to an activating group) is 1. The molecule has 3 heterocycles. The molecule has 10 aromatic carbocycles. The van der Waals surface area contributed by atoms with Crippen LogP contribution in [0.3, 0.4) is 0 Å². The van der Waals surface area contributed by atoms with Gasteiger partial charge in [0.15, 0.2) is 11.7 Å². The van der Waals surface area contributed by atoms with Gasteiger partial charge in [-0.3, -0.25) is 14.4 Å². The highest BCUT2D eigenvalue weighted by molar-refractivity contribution is 7.99. The number of aromatic hydroxyl groups is 1. The first kappa shape index (κ1) is 79.3. The second kappa shape index (κ2) is 31.0. The lowest BCUT2D eigenvalue weighted by Gasteiger charge is -2.43. The molecular weight excluding hydrogens is 1490 g/mol. The lowest BCUT2D eigenvalue weighted by Crippen LogP contribution is -2.45. The molecule has 2 aliphatic carbocycles. The summed E-state index contributed by atoms with van der Waals surface area (Å²) in [7, 11) is 12.0. The van der Waals surface area contributed by atoms with Gasteiger partial charge in [0.1, 0.15) is 28.6 Å². The van der Waals surface area contributed by atoms with Crippen LogP contribution in [0.4, 0.5) is 22.7 Å². The highest BCUT2D eigenvalue weighted by Gasteiger charge is 2.39. The van der Waals surface area contributed by atoms with Crippen molar-refractivity contribution in [3.63, 3.8) is 0 Å². The number of aromatic carboxylic acids is 2. The molecule has 0 radical (unpaired) electrons. The Morgan fingerprint density at radius 2 is 1.11 bits per heavy atom. The summed E-state index contributed by atoms with van der Waals surface area (Å²) in [4.78, 5) is 80.8. The number of carbonyl (C=O) groups is 4. The molecule has 2 amide bonds. The highest BCUT2D eigenvalue weighted by Crippen LogP contribution is 2.57. The van der Waals surface area contributed by atoms with E-state index in [4.69, 9.17) is 9.15 Å². The van der Waals surface area contributed by atoms with Gasteiger partial charge in [0.05, 0.1) is 28.8 Å². The zero-order valence-corrected chi connectivity index (χ0v) is 68.6. The number of rotatable bonds is 21. The number of nitrogens with one attached hydrogen (secondary N) is 2. The summed E-state index contributed by atoms with van der Waals surface area (Å²) >= 11 is 1.50. The summed E-state index contributed by atoms with van der Waals surface area (Å²) in [6.07, 6.45) is 3.52. The van der Waals surface area contributed by atoms with Crippen LogP contribution in [0.15, 0.2) is 225 Å². The number of amides is 2. The van der Waals surface area contributed by atoms with Gasteiger partial charge < -0.3 is 64.9 Å². The van der Waals surface area contributed by atoms with Crippen molar-refractivity contribution < 1.29 is 53.9 Å². The lowest BCUT2D eigenvalue weighted by molar-refractivity contribution is -0.0425. The number of aliphatic hydroxyl groups excluding tert-OH is 1. The van der Waals surface area contributed by atoms with Crippen LogP contribution in [0, 0.1) is 5.41 Å². The Morgan fingerprint density at radius 1 is 0.538 bits per heavy atom.